The molecule has 1 aliphatic heterocycles. The van der Waals surface area contributed by atoms with Crippen molar-refractivity contribution in [3.63, 3.8) is 0 Å². The molecule has 0 radical (unpaired) electrons. The molecule has 0 unspecified atom stereocenters. The first-order valence-corrected chi connectivity index (χ1v) is 11.3. The number of fused-ring (bicyclic) bond motifs is 3. The first-order valence-electron chi connectivity index (χ1n) is 10.1. The van der Waals surface area contributed by atoms with Crippen LogP contribution in [-0.4, -0.2) is 34.5 Å². The van der Waals surface area contributed by atoms with Gasteiger partial charge in [-0.3, -0.25) is 9.36 Å². The molecule has 180 valence electrons. The summed E-state index contributed by atoms with van der Waals surface area (Å²) in [5, 5.41) is 7.43. The molecule has 0 N–H and O–H groups in total. The Morgan fingerprint density at radius 2 is 2.00 bits per heavy atom. The molecule has 1 aliphatic rings. The molecule has 0 spiro atoms. The number of nitrogens with zero attached hydrogens (tertiary/aromatic N) is 3. The van der Waals surface area contributed by atoms with E-state index in [4.69, 9.17) is 25.8 Å². The molecule has 0 fully saturated rings. The van der Waals surface area contributed by atoms with Crippen LogP contribution in [0.1, 0.15) is 48.3 Å². The fourth-order valence-electron chi connectivity index (χ4n) is 3.86. The van der Waals surface area contributed by atoms with Crippen LogP contribution in [-0.2, 0) is 20.4 Å². The van der Waals surface area contributed by atoms with E-state index in [2.05, 4.69) is 26.1 Å². The summed E-state index contributed by atoms with van der Waals surface area (Å²) in [6.07, 6.45) is -7.35. The van der Waals surface area contributed by atoms with E-state index >= 15 is 0 Å². The predicted molar refractivity (Wildman–Crippen MR) is 119 cm³/mol. The summed E-state index contributed by atoms with van der Waals surface area (Å²) in [6, 6.07) is 9.63. The average molecular weight is 561 g/mol. The van der Waals surface area contributed by atoms with Crippen LogP contribution in [0.25, 0.3) is 5.69 Å². The Morgan fingerprint density at radius 3 is 2.68 bits per heavy atom. The zero-order chi connectivity index (χ0) is 24.6. The Labute approximate surface area is 205 Å². The summed E-state index contributed by atoms with van der Waals surface area (Å²) in [4.78, 5) is 12.3. The lowest BCUT2D eigenvalue weighted by Crippen LogP contribution is -2.18. The number of ether oxygens (including phenoxy) is 3. The molecule has 3 aromatic rings. The van der Waals surface area contributed by atoms with E-state index in [0.29, 0.717) is 21.3 Å². The van der Waals surface area contributed by atoms with Crippen LogP contribution < -0.4 is 4.74 Å². The lowest BCUT2D eigenvalue weighted by Gasteiger charge is -2.24. The van der Waals surface area contributed by atoms with Gasteiger partial charge in [0.05, 0.1) is 30.3 Å². The number of benzene rings is 2. The topological polar surface area (TPSA) is 75.5 Å². The van der Waals surface area contributed by atoms with Gasteiger partial charge in [0.1, 0.15) is 18.0 Å². The zero-order valence-electron chi connectivity index (χ0n) is 17.9. The van der Waals surface area contributed by atoms with Crippen LogP contribution in [0, 0.1) is 0 Å². The highest BCUT2D eigenvalue weighted by atomic mass is 79.9. The van der Waals surface area contributed by atoms with Gasteiger partial charge >= 0.3 is 12.1 Å². The van der Waals surface area contributed by atoms with Gasteiger partial charge in [-0.2, -0.15) is 13.2 Å². The lowest BCUT2D eigenvalue weighted by molar-refractivity contribution is -0.147. The number of hydrogen-bond acceptors (Lipinski definition) is 6. The Bertz CT molecular complexity index is 1230. The van der Waals surface area contributed by atoms with Gasteiger partial charge in [0.15, 0.2) is 5.82 Å². The van der Waals surface area contributed by atoms with E-state index in [1.807, 2.05) is 0 Å². The van der Waals surface area contributed by atoms with Crippen LogP contribution in [0.5, 0.6) is 5.75 Å². The van der Waals surface area contributed by atoms with Crippen molar-refractivity contribution in [1.82, 2.24) is 14.8 Å². The van der Waals surface area contributed by atoms with E-state index in [1.54, 1.807) is 25.1 Å². The van der Waals surface area contributed by atoms with Crippen molar-refractivity contribution in [2.75, 3.05) is 13.7 Å². The number of alkyl halides is 3. The molecule has 12 heteroatoms. The highest BCUT2D eigenvalue weighted by Crippen LogP contribution is 2.46. The maximum absolute atomic E-state index is 13.9. The number of rotatable bonds is 5. The van der Waals surface area contributed by atoms with Gasteiger partial charge in [0.2, 0.25) is 5.82 Å². The van der Waals surface area contributed by atoms with Crippen LogP contribution in [0.4, 0.5) is 13.2 Å². The third-order valence-electron chi connectivity index (χ3n) is 5.18. The highest BCUT2D eigenvalue weighted by Gasteiger charge is 2.43. The second kappa shape index (κ2) is 9.55. The summed E-state index contributed by atoms with van der Waals surface area (Å²) >= 11 is 9.67. The number of hydrogen-bond donors (Lipinski definition) is 0. The van der Waals surface area contributed by atoms with Crippen LogP contribution in [0.3, 0.4) is 0 Å². The molecule has 0 saturated carbocycles. The normalized spacial score (nSPS) is 17.5. The Hall–Kier alpha value is -2.63. The maximum atomic E-state index is 13.9. The van der Waals surface area contributed by atoms with Gasteiger partial charge in [-0.1, -0.05) is 23.7 Å². The van der Waals surface area contributed by atoms with Gasteiger partial charge in [-0.25, -0.2) is 0 Å². The van der Waals surface area contributed by atoms with Gasteiger partial charge < -0.3 is 14.2 Å². The minimum Gasteiger partial charge on any atom is -0.495 e. The number of halogens is 5. The van der Waals surface area contributed by atoms with E-state index in [0.717, 1.165) is 4.57 Å². The first-order chi connectivity index (χ1) is 16.2. The number of carbonyl (C=O) groups excluding carboxylic acids is 1. The summed E-state index contributed by atoms with van der Waals surface area (Å²) in [7, 11) is 1.46. The van der Waals surface area contributed by atoms with Crippen LogP contribution >= 0.6 is 27.5 Å². The molecule has 0 bridgehead atoms. The third-order valence-corrected chi connectivity index (χ3v) is 6.04. The van der Waals surface area contributed by atoms with Gasteiger partial charge in [0, 0.05) is 16.1 Å². The van der Waals surface area contributed by atoms with Crippen LogP contribution in [0.15, 0.2) is 40.9 Å². The second-order valence-electron chi connectivity index (χ2n) is 7.29. The fraction of sp³-hybridized carbons (Fsp3) is 0.318. The quantitative estimate of drug-likeness (QED) is 0.366. The molecule has 0 saturated heterocycles. The molecule has 2 atom stereocenters. The summed E-state index contributed by atoms with van der Waals surface area (Å²) in [5.41, 5.74) is 0.957. The zero-order valence-corrected chi connectivity index (χ0v) is 20.2. The monoisotopic (exact) mass is 559 g/mol. The van der Waals surface area contributed by atoms with Crippen molar-refractivity contribution >= 4 is 33.5 Å². The van der Waals surface area contributed by atoms with E-state index in [-0.39, 0.29) is 29.6 Å². The van der Waals surface area contributed by atoms with E-state index < -0.39 is 30.2 Å². The summed E-state index contributed by atoms with van der Waals surface area (Å²) in [6.45, 7) is 1.73. The van der Waals surface area contributed by atoms with E-state index in [1.165, 1.54) is 25.3 Å². The average Bonchev–Trinajstić information content (AvgIpc) is 3.17. The van der Waals surface area contributed by atoms with Crippen molar-refractivity contribution in [1.29, 1.82) is 0 Å². The van der Waals surface area contributed by atoms with Crippen molar-refractivity contribution < 1.29 is 32.2 Å². The molecule has 0 aliphatic carbocycles. The SMILES string of the molecule is CCOC(=O)C[C@H]1O[C@H](c2cccc(Br)c2OC)c2cc(Cl)ccc2-n2c1nnc2C(F)(F)F. The minimum absolute atomic E-state index is 0.102. The number of esters is 1. The van der Waals surface area contributed by atoms with Crippen molar-refractivity contribution in [3.05, 3.63) is 68.7 Å². The van der Waals surface area contributed by atoms with Crippen molar-refractivity contribution in [3.8, 4) is 11.4 Å². The molecular formula is C22H18BrClF3N3O4. The largest absolute Gasteiger partial charge is 0.495 e. The molecule has 34 heavy (non-hydrogen) atoms. The minimum atomic E-state index is -4.82. The third kappa shape index (κ3) is 4.51. The van der Waals surface area contributed by atoms with Gasteiger partial charge in [0.25, 0.3) is 0 Å². The van der Waals surface area contributed by atoms with Crippen molar-refractivity contribution in [2.45, 2.75) is 31.7 Å². The summed E-state index contributed by atoms with van der Waals surface area (Å²) in [5.74, 6) is -1.66. The molecule has 2 heterocycles. The number of methoxy groups -OCH3 is 1. The van der Waals surface area contributed by atoms with Crippen LogP contribution in [0.2, 0.25) is 5.02 Å². The fourth-order valence-corrected chi connectivity index (χ4v) is 4.59. The Morgan fingerprint density at radius 1 is 1.24 bits per heavy atom. The second-order valence-corrected chi connectivity index (χ2v) is 8.59. The molecule has 0 amide bonds. The van der Waals surface area contributed by atoms with Crippen molar-refractivity contribution in [2.24, 2.45) is 0 Å². The molecule has 4 rings (SSSR count). The first kappa shape index (κ1) is 24.5. The standard InChI is InChI=1S/C22H18BrClF3N3O4/c1-3-33-17(31)10-16-20-28-29-21(22(25,26)27)30(20)15-8-7-11(24)9-13(15)18(34-16)12-5-4-6-14(23)19(12)32-2/h4-9,16,18H,3,10H2,1-2H3/t16-,18-/m1/s1. The molecular weight excluding hydrogens is 543 g/mol. The molecule has 7 nitrogen and oxygen atoms in total. The lowest BCUT2D eigenvalue weighted by atomic mass is 9.98. The summed E-state index contributed by atoms with van der Waals surface area (Å²) < 4.78 is 60.1. The Kier molecular flexibility index (Phi) is 6.88. The Balaban J connectivity index is 2.00. The van der Waals surface area contributed by atoms with Gasteiger partial charge in [-0.15, -0.1) is 10.2 Å². The molecule has 1 aromatic heterocycles. The highest BCUT2D eigenvalue weighted by molar-refractivity contribution is 9.10. The number of para-hydroxylation sites is 1. The van der Waals surface area contributed by atoms with Gasteiger partial charge in [-0.05, 0) is 47.1 Å². The smallest absolute Gasteiger partial charge is 0.452 e. The molecule has 2 aromatic carbocycles. The predicted octanol–water partition coefficient (Wildman–Crippen LogP) is 5.82. The maximum Gasteiger partial charge on any atom is 0.452 e. The number of aromatic nitrogens is 3. The number of carbonyl (C=O) groups is 1. The van der Waals surface area contributed by atoms with E-state index in [9.17, 15) is 18.0 Å².